The average Bonchev–Trinajstić information content (AvgIpc) is 2.16. The van der Waals surface area contributed by atoms with Crippen LogP contribution in [0.3, 0.4) is 0 Å². The fraction of sp³-hybridized carbons (Fsp3) is 0.917. The Morgan fingerprint density at radius 1 is 1.44 bits per heavy atom. The van der Waals surface area contributed by atoms with Crippen molar-refractivity contribution in [3.63, 3.8) is 0 Å². The largest absolute Gasteiger partial charge is 0.392 e. The molecule has 0 aliphatic carbocycles. The second kappa shape index (κ2) is 5.53. The first-order chi connectivity index (χ1) is 7.43. The van der Waals surface area contributed by atoms with Gasteiger partial charge < -0.3 is 14.9 Å². The molecule has 1 heterocycles. The number of nitrogens with zero attached hydrogens (tertiary/aromatic N) is 2. The summed E-state index contributed by atoms with van der Waals surface area (Å²) in [5.41, 5.74) is 0. The summed E-state index contributed by atoms with van der Waals surface area (Å²) in [6.07, 6.45) is 2.90. The van der Waals surface area contributed by atoms with Crippen molar-refractivity contribution in [1.82, 2.24) is 9.80 Å². The molecule has 3 unspecified atom stereocenters. The van der Waals surface area contributed by atoms with E-state index in [1.54, 1.807) is 18.9 Å². The zero-order valence-electron chi connectivity index (χ0n) is 10.8. The van der Waals surface area contributed by atoms with Crippen molar-refractivity contribution in [2.45, 2.75) is 58.2 Å². The van der Waals surface area contributed by atoms with Gasteiger partial charge in [0.05, 0.1) is 6.10 Å². The first-order valence-corrected chi connectivity index (χ1v) is 6.15. The van der Waals surface area contributed by atoms with Gasteiger partial charge in [0.15, 0.2) is 0 Å². The van der Waals surface area contributed by atoms with Crippen molar-refractivity contribution in [3.8, 4) is 0 Å². The van der Waals surface area contributed by atoms with Gasteiger partial charge in [0.1, 0.15) is 0 Å². The Balaban J connectivity index is 2.63. The topological polar surface area (TPSA) is 43.8 Å². The molecule has 1 N–H and O–H groups in total. The maximum atomic E-state index is 12.2. The zero-order chi connectivity index (χ0) is 12.3. The molecule has 0 spiro atoms. The number of aliphatic hydroxyl groups is 1. The van der Waals surface area contributed by atoms with Crippen molar-refractivity contribution < 1.29 is 9.90 Å². The van der Waals surface area contributed by atoms with E-state index in [4.69, 9.17) is 0 Å². The van der Waals surface area contributed by atoms with Gasteiger partial charge in [-0.1, -0.05) is 0 Å². The molecular weight excluding hydrogens is 204 g/mol. The van der Waals surface area contributed by atoms with Crippen molar-refractivity contribution in [3.05, 3.63) is 0 Å². The van der Waals surface area contributed by atoms with E-state index in [0.717, 1.165) is 12.8 Å². The third kappa shape index (κ3) is 3.11. The predicted octanol–water partition coefficient (Wildman–Crippen LogP) is 1.68. The average molecular weight is 228 g/mol. The van der Waals surface area contributed by atoms with Crippen LogP contribution in [0.15, 0.2) is 0 Å². The molecule has 1 aliphatic heterocycles. The minimum atomic E-state index is -0.468. The quantitative estimate of drug-likeness (QED) is 0.781. The molecule has 0 aromatic heterocycles. The molecule has 1 saturated heterocycles. The molecule has 0 bridgehead atoms. The Labute approximate surface area is 98.2 Å². The van der Waals surface area contributed by atoms with E-state index in [9.17, 15) is 9.90 Å². The molecule has 1 fully saturated rings. The van der Waals surface area contributed by atoms with Gasteiger partial charge in [-0.15, -0.1) is 0 Å². The van der Waals surface area contributed by atoms with Crippen LogP contribution in [0.1, 0.15) is 40.0 Å². The van der Waals surface area contributed by atoms with Crippen LogP contribution in [0.2, 0.25) is 0 Å². The van der Waals surface area contributed by atoms with Crippen LogP contribution < -0.4 is 0 Å². The Hall–Kier alpha value is -0.770. The second-order valence-electron chi connectivity index (χ2n) is 5.05. The Bertz CT molecular complexity index is 233. The summed E-state index contributed by atoms with van der Waals surface area (Å²) >= 11 is 0. The van der Waals surface area contributed by atoms with Crippen LogP contribution in [0.25, 0.3) is 0 Å². The lowest BCUT2D eigenvalue weighted by molar-refractivity contribution is 0.0825. The van der Waals surface area contributed by atoms with Crippen LogP contribution >= 0.6 is 0 Å². The lowest BCUT2D eigenvalue weighted by Crippen LogP contribution is -2.53. The Morgan fingerprint density at radius 2 is 1.94 bits per heavy atom. The molecule has 4 nitrogen and oxygen atoms in total. The fourth-order valence-corrected chi connectivity index (χ4v) is 2.47. The highest BCUT2D eigenvalue weighted by molar-refractivity contribution is 5.75. The SMILES string of the molecule is CC(O)CN(C)C(=O)N1C(C)CCCC1C. The highest BCUT2D eigenvalue weighted by Crippen LogP contribution is 2.23. The smallest absolute Gasteiger partial charge is 0.320 e. The number of amides is 2. The van der Waals surface area contributed by atoms with Crippen LogP contribution in [0, 0.1) is 0 Å². The van der Waals surface area contributed by atoms with E-state index < -0.39 is 6.10 Å². The van der Waals surface area contributed by atoms with Gasteiger partial charge in [0, 0.05) is 25.7 Å². The second-order valence-corrected chi connectivity index (χ2v) is 5.05. The third-order valence-corrected chi connectivity index (χ3v) is 3.28. The lowest BCUT2D eigenvalue weighted by Gasteiger charge is -2.41. The number of likely N-dealkylation sites (tertiary alicyclic amines) is 1. The van der Waals surface area contributed by atoms with Gasteiger partial charge in [-0.25, -0.2) is 4.79 Å². The number of hydrogen-bond donors (Lipinski definition) is 1. The summed E-state index contributed by atoms with van der Waals surface area (Å²) in [6, 6.07) is 0.668. The summed E-state index contributed by atoms with van der Waals surface area (Å²) in [7, 11) is 1.75. The van der Waals surface area contributed by atoms with Crippen molar-refractivity contribution >= 4 is 6.03 Å². The summed E-state index contributed by atoms with van der Waals surface area (Å²) in [5.74, 6) is 0. The standard InChI is InChI=1S/C12H24N2O2/c1-9-6-5-7-10(2)14(9)12(16)13(4)8-11(3)15/h9-11,15H,5-8H2,1-4H3. The predicted molar refractivity (Wildman–Crippen MR) is 64.3 cm³/mol. The van der Waals surface area contributed by atoms with Crippen LogP contribution in [0.4, 0.5) is 4.79 Å². The minimum Gasteiger partial charge on any atom is -0.392 e. The number of urea groups is 1. The molecule has 94 valence electrons. The van der Waals surface area contributed by atoms with E-state index in [1.165, 1.54) is 6.42 Å². The van der Waals surface area contributed by atoms with E-state index in [-0.39, 0.29) is 6.03 Å². The molecule has 3 atom stereocenters. The molecule has 0 aromatic carbocycles. The highest BCUT2D eigenvalue weighted by atomic mass is 16.3. The van der Waals surface area contributed by atoms with E-state index in [2.05, 4.69) is 13.8 Å². The van der Waals surface area contributed by atoms with E-state index in [0.29, 0.717) is 18.6 Å². The molecule has 0 saturated carbocycles. The van der Waals surface area contributed by atoms with Crippen molar-refractivity contribution in [2.75, 3.05) is 13.6 Å². The Kier molecular flexibility index (Phi) is 4.59. The van der Waals surface area contributed by atoms with E-state index in [1.807, 2.05) is 4.90 Å². The number of carbonyl (C=O) groups is 1. The first kappa shape index (κ1) is 13.3. The number of rotatable bonds is 2. The van der Waals surface area contributed by atoms with Gasteiger partial charge in [0.2, 0.25) is 0 Å². The monoisotopic (exact) mass is 228 g/mol. The molecule has 0 radical (unpaired) electrons. The maximum absolute atomic E-state index is 12.2. The Morgan fingerprint density at radius 3 is 2.38 bits per heavy atom. The van der Waals surface area contributed by atoms with Crippen molar-refractivity contribution in [2.24, 2.45) is 0 Å². The van der Waals surface area contributed by atoms with Crippen LogP contribution in [-0.2, 0) is 0 Å². The molecule has 1 rings (SSSR count). The summed E-state index contributed by atoms with van der Waals surface area (Å²) in [6.45, 7) is 6.30. The van der Waals surface area contributed by atoms with Gasteiger partial charge in [-0.05, 0) is 40.0 Å². The molecule has 0 aromatic rings. The van der Waals surface area contributed by atoms with Crippen molar-refractivity contribution in [1.29, 1.82) is 0 Å². The van der Waals surface area contributed by atoms with Crippen LogP contribution in [0.5, 0.6) is 0 Å². The molecular formula is C12H24N2O2. The summed E-state index contributed by atoms with van der Waals surface area (Å²) in [4.78, 5) is 15.8. The van der Waals surface area contributed by atoms with Gasteiger partial charge in [-0.3, -0.25) is 0 Å². The number of likely N-dealkylation sites (N-methyl/N-ethyl adjacent to an activating group) is 1. The minimum absolute atomic E-state index is 0.0422. The number of aliphatic hydroxyl groups excluding tert-OH is 1. The van der Waals surface area contributed by atoms with Gasteiger partial charge in [-0.2, -0.15) is 0 Å². The van der Waals surface area contributed by atoms with Gasteiger partial charge in [0.25, 0.3) is 0 Å². The number of hydrogen-bond acceptors (Lipinski definition) is 2. The van der Waals surface area contributed by atoms with Gasteiger partial charge >= 0.3 is 6.03 Å². The molecule has 2 amide bonds. The maximum Gasteiger partial charge on any atom is 0.320 e. The molecule has 4 heteroatoms. The van der Waals surface area contributed by atoms with Crippen LogP contribution in [-0.4, -0.2) is 52.7 Å². The summed E-state index contributed by atoms with van der Waals surface area (Å²) in [5, 5.41) is 9.29. The number of piperidine rings is 1. The molecule has 1 aliphatic rings. The molecule has 16 heavy (non-hydrogen) atoms. The summed E-state index contributed by atoms with van der Waals surface area (Å²) < 4.78 is 0. The lowest BCUT2D eigenvalue weighted by atomic mass is 9.98. The zero-order valence-corrected chi connectivity index (χ0v) is 10.8. The highest BCUT2D eigenvalue weighted by Gasteiger charge is 2.30. The normalized spacial score (nSPS) is 27.7. The number of carbonyl (C=O) groups excluding carboxylic acids is 1. The first-order valence-electron chi connectivity index (χ1n) is 6.15. The van der Waals surface area contributed by atoms with E-state index >= 15 is 0 Å². The third-order valence-electron chi connectivity index (χ3n) is 3.28. The fourth-order valence-electron chi connectivity index (χ4n) is 2.47.